The summed E-state index contributed by atoms with van der Waals surface area (Å²) in [6, 6.07) is 16.0. The zero-order chi connectivity index (χ0) is 24.8. The zero-order valence-electron chi connectivity index (χ0n) is 20.0. The second-order valence-electron chi connectivity index (χ2n) is 10.1. The maximum Gasteiger partial charge on any atom is 0.266 e. The Morgan fingerprint density at radius 2 is 1.97 bits per heavy atom. The first-order valence-electron chi connectivity index (χ1n) is 11.8. The van der Waals surface area contributed by atoms with Crippen molar-refractivity contribution in [2.24, 2.45) is 21.8 Å². The molecular formula is C27H27N5O2S. The number of thioether (sulfide) groups is 1. The van der Waals surface area contributed by atoms with Crippen molar-refractivity contribution in [3.8, 4) is 11.8 Å². The van der Waals surface area contributed by atoms with Crippen LogP contribution in [0.1, 0.15) is 45.6 Å². The molecule has 0 saturated heterocycles. The van der Waals surface area contributed by atoms with Gasteiger partial charge in [-0.1, -0.05) is 44.7 Å². The largest absolute Gasteiger partial charge is 0.272 e. The van der Waals surface area contributed by atoms with Gasteiger partial charge in [0.2, 0.25) is 0 Å². The van der Waals surface area contributed by atoms with Crippen LogP contribution in [0.15, 0.2) is 63.6 Å². The first-order valence-corrected chi connectivity index (χ1v) is 12.7. The first-order chi connectivity index (χ1) is 16.7. The van der Waals surface area contributed by atoms with Gasteiger partial charge in [0.25, 0.3) is 11.5 Å². The normalized spacial score (nSPS) is 23.5. The summed E-state index contributed by atoms with van der Waals surface area (Å²) in [4.78, 5) is 30.7. The topological polar surface area (TPSA) is 100 Å². The quantitative estimate of drug-likeness (QED) is 0.322. The van der Waals surface area contributed by atoms with Crippen LogP contribution in [-0.4, -0.2) is 26.9 Å². The summed E-state index contributed by atoms with van der Waals surface area (Å²) in [5.41, 5.74) is 5.48. The minimum atomic E-state index is -0.236. The van der Waals surface area contributed by atoms with Gasteiger partial charge in [0.1, 0.15) is 0 Å². The number of hydrogen-bond donors (Lipinski definition) is 1. The van der Waals surface area contributed by atoms with Crippen molar-refractivity contribution < 1.29 is 4.79 Å². The standard InChI is InChI=1S/C27H27N5O2S/c1-26(2)18-12-13-27(26,3)22(14-18)30-31-23(33)16-35-25-29-21-7-5-4-6-20(21)24(34)32(25)19-10-8-17(15-28)9-11-19/h4-11,18H,12-14,16H2,1-3H3,(H,31,33)/b30-22-. The number of amides is 1. The third kappa shape index (κ3) is 3.84. The summed E-state index contributed by atoms with van der Waals surface area (Å²) < 4.78 is 1.49. The van der Waals surface area contributed by atoms with E-state index < -0.39 is 0 Å². The third-order valence-corrected chi connectivity index (χ3v) is 9.10. The van der Waals surface area contributed by atoms with E-state index in [4.69, 9.17) is 5.26 Å². The monoisotopic (exact) mass is 485 g/mol. The van der Waals surface area contributed by atoms with Crippen molar-refractivity contribution >= 4 is 34.3 Å². The van der Waals surface area contributed by atoms with E-state index in [0.717, 1.165) is 18.6 Å². The molecule has 1 N–H and O–H groups in total. The van der Waals surface area contributed by atoms with Gasteiger partial charge in [0.05, 0.1) is 34.0 Å². The molecule has 8 heteroatoms. The molecule has 0 aliphatic heterocycles. The molecule has 2 aliphatic rings. The number of nitrogens with one attached hydrogen (secondary N) is 1. The highest BCUT2D eigenvalue weighted by Gasteiger charge is 2.60. The average Bonchev–Trinajstić information content (AvgIpc) is 3.20. The molecule has 2 aliphatic carbocycles. The van der Waals surface area contributed by atoms with Gasteiger partial charge in [-0.25, -0.2) is 10.4 Å². The van der Waals surface area contributed by atoms with E-state index >= 15 is 0 Å². The van der Waals surface area contributed by atoms with E-state index in [1.165, 1.54) is 22.7 Å². The van der Waals surface area contributed by atoms with Gasteiger partial charge < -0.3 is 0 Å². The molecule has 178 valence electrons. The van der Waals surface area contributed by atoms with Crippen LogP contribution in [-0.2, 0) is 4.79 Å². The Hall–Kier alpha value is -3.44. The molecule has 2 unspecified atom stereocenters. The lowest BCUT2D eigenvalue weighted by Gasteiger charge is -2.34. The minimum Gasteiger partial charge on any atom is -0.272 e. The summed E-state index contributed by atoms with van der Waals surface area (Å²) >= 11 is 1.19. The Morgan fingerprint density at radius 1 is 1.23 bits per heavy atom. The van der Waals surface area contributed by atoms with Crippen LogP contribution in [0.5, 0.6) is 0 Å². The molecule has 2 bridgehead atoms. The molecule has 35 heavy (non-hydrogen) atoms. The second-order valence-corrected chi connectivity index (χ2v) is 11.0. The van der Waals surface area contributed by atoms with Crippen molar-refractivity contribution in [1.82, 2.24) is 15.0 Å². The molecule has 2 atom stereocenters. The van der Waals surface area contributed by atoms with E-state index in [2.05, 4.69) is 42.4 Å². The number of aromatic nitrogens is 2. The highest BCUT2D eigenvalue weighted by atomic mass is 32.2. The van der Waals surface area contributed by atoms with E-state index in [1.54, 1.807) is 42.5 Å². The Kier molecular flexibility index (Phi) is 5.76. The number of nitriles is 1. The molecular weight excluding hydrogens is 458 g/mol. The number of para-hydroxylation sites is 1. The van der Waals surface area contributed by atoms with Crippen LogP contribution in [0.2, 0.25) is 0 Å². The van der Waals surface area contributed by atoms with Crippen molar-refractivity contribution in [3.05, 3.63) is 64.4 Å². The maximum absolute atomic E-state index is 13.3. The van der Waals surface area contributed by atoms with E-state index in [-0.39, 0.29) is 28.0 Å². The summed E-state index contributed by atoms with van der Waals surface area (Å²) in [6.45, 7) is 6.87. The SMILES string of the molecule is CC12CCC(C/C1=N/NC(=O)CSc1nc3ccccc3c(=O)n1-c1ccc(C#N)cc1)C2(C)C. The molecule has 0 spiro atoms. The van der Waals surface area contributed by atoms with Gasteiger partial charge in [-0.15, -0.1) is 0 Å². The lowest BCUT2D eigenvalue weighted by Crippen LogP contribution is -2.34. The molecule has 2 aromatic carbocycles. The number of hydrogen-bond acceptors (Lipinski definition) is 6. The molecule has 5 rings (SSSR count). The predicted octanol–water partition coefficient (Wildman–Crippen LogP) is 4.67. The highest BCUT2D eigenvalue weighted by molar-refractivity contribution is 7.99. The fourth-order valence-electron chi connectivity index (χ4n) is 5.51. The zero-order valence-corrected chi connectivity index (χ0v) is 20.9. The average molecular weight is 486 g/mol. The van der Waals surface area contributed by atoms with Crippen LogP contribution in [0, 0.1) is 28.1 Å². The van der Waals surface area contributed by atoms with Crippen molar-refractivity contribution in [2.75, 3.05) is 5.75 Å². The number of rotatable bonds is 5. The Balaban J connectivity index is 1.39. The second kappa shape index (κ2) is 8.65. The highest BCUT2D eigenvalue weighted by Crippen LogP contribution is 2.63. The first kappa shape index (κ1) is 23.3. The summed E-state index contributed by atoms with van der Waals surface area (Å²) in [5, 5.41) is 14.6. The predicted molar refractivity (Wildman–Crippen MR) is 138 cm³/mol. The van der Waals surface area contributed by atoms with Crippen LogP contribution in [0.4, 0.5) is 0 Å². The number of carbonyl (C=O) groups excluding carboxylic acids is 1. The molecule has 2 saturated carbocycles. The third-order valence-electron chi connectivity index (χ3n) is 8.16. The van der Waals surface area contributed by atoms with E-state index in [0.29, 0.717) is 33.2 Å². The number of benzene rings is 2. The number of fused-ring (bicyclic) bond motifs is 3. The van der Waals surface area contributed by atoms with Crippen molar-refractivity contribution in [1.29, 1.82) is 5.26 Å². The van der Waals surface area contributed by atoms with Crippen LogP contribution in [0.25, 0.3) is 16.6 Å². The lowest BCUT2D eigenvalue weighted by atomic mass is 9.70. The maximum atomic E-state index is 13.3. The Bertz CT molecular complexity index is 1450. The molecule has 1 aromatic heterocycles. The van der Waals surface area contributed by atoms with Gasteiger partial charge in [0, 0.05) is 11.1 Å². The van der Waals surface area contributed by atoms with Gasteiger partial charge in [0.15, 0.2) is 5.16 Å². The Morgan fingerprint density at radius 3 is 2.63 bits per heavy atom. The lowest BCUT2D eigenvalue weighted by molar-refractivity contribution is -0.118. The smallest absolute Gasteiger partial charge is 0.266 e. The molecule has 0 radical (unpaired) electrons. The number of carbonyl (C=O) groups is 1. The van der Waals surface area contributed by atoms with Gasteiger partial charge in [-0.3, -0.25) is 14.2 Å². The van der Waals surface area contributed by atoms with Crippen LogP contribution in [0.3, 0.4) is 0 Å². The van der Waals surface area contributed by atoms with Crippen LogP contribution >= 0.6 is 11.8 Å². The Labute approximate surface area is 208 Å². The number of hydrazone groups is 1. The molecule has 3 aromatic rings. The molecule has 7 nitrogen and oxygen atoms in total. The molecule has 1 amide bonds. The van der Waals surface area contributed by atoms with Gasteiger partial charge in [-0.2, -0.15) is 10.4 Å². The summed E-state index contributed by atoms with van der Waals surface area (Å²) in [5.74, 6) is 0.447. The number of nitrogens with zero attached hydrogens (tertiary/aromatic N) is 4. The minimum absolute atomic E-state index is 0.0219. The van der Waals surface area contributed by atoms with E-state index in [9.17, 15) is 9.59 Å². The molecule has 2 fully saturated rings. The van der Waals surface area contributed by atoms with Crippen molar-refractivity contribution in [3.63, 3.8) is 0 Å². The van der Waals surface area contributed by atoms with Crippen LogP contribution < -0.4 is 11.0 Å². The fourth-order valence-corrected chi connectivity index (χ4v) is 6.32. The molecule has 1 heterocycles. The summed E-state index contributed by atoms with van der Waals surface area (Å²) in [6.07, 6.45) is 3.25. The van der Waals surface area contributed by atoms with Gasteiger partial charge >= 0.3 is 0 Å². The van der Waals surface area contributed by atoms with Gasteiger partial charge in [-0.05, 0) is 67.0 Å². The van der Waals surface area contributed by atoms with E-state index in [1.807, 2.05) is 6.07 Å². The summed E-state index contributed by atoms with van der Waals surface area (Å²) in [7, 11) is 0. The van der Waals surface area contributed by atoms with Crippen molar-refractivity contribution in [2.45, 2.75) is 45.2 Å². The fraction of sp³-hybridized carbons (Fsp3) is 0.370.